The van der Waals surface area contributed by atoms with Crippen molar-refractivity contribution in [1.82, 2.24) is 0 Å². The van der Waals surface area contributed by atoms with Gasteiger partial charge in [-0.25, -0.2) is 0 Å². The van der Waals surface area contributed by atoms with Crippen LogP contribution < -0.4 is 47.6 Å². The van der Waals surface area contributed by atoms with Crippen molar-refractivity contribution in [3.05, 3.63) is 83.9 Å². The molecule has 0 bridgehead atoms. The van der Waals surface area contributed by atoms with Crippen LogP contribution in [0.3, 0.4) is 0 Å². The number of rotatable bonds is 19. The van der Waals surface area contributed by atoms with E-state index in [1.54, 1.807) is 15.9 Å². The summed E-state index contributed by atoms with van der Waals surface area (Å²) in [6.07, 6.45) is 21.4. The number of halogens is 3. The number of benzene rings is 3. The van der Waals surface area contributed by atoms with Gasteiger partial charge in [-0.15, -0.1) is 0 Å². The van der Waals surface area contributed by atoms with E-state index in [0.717, 1.165) is 5.92 Å². The van der Waals surface area contributed by atoms with Gasteiger partial charge in [0.25, 0.3) is 0 Å². The van der Waals surface area contributed by atoms with Gasteiger partial charge in [0.05, 0.1) is 0 Å². The van der Waals surface area contributed by atoms with Gasteiger partial charge in [-0.2, -0.15) is 0 Å². The topological polar surface area (TPSA) is 0 Å². The smallest absolute Gasteiger partial charge is 1.00 e. The predicted molar refractivity (Wildman–Crippen MR) is 175 cm³/mol. The van der Waals surface area contributed by atoms with Gasteiger partial charge in [-0.1, -0.05) is 65.2 Å². The Morgan fingerprint density at radius 3 is 1.79 bits per heavy atom. The molecular weight excluding hydrogens is 639 g/mol. The van der Waals surface area contributed by atoms with Gasteiger partial charge in [0, 0.05) is 0 Å². The molecule has 0 radical (unpaired) electrons. The van der Waals surface area contributed by atoms with Gasteiger partial charge in [0.2, 0.25) is 0 Å². The second kappa shape index (κ2) is 22.9. The Morgan fingerprint density at radius 2 is 1.14 bits per heavy atom. The molecule has 0 aliphatic heterocycles. The van der Waals surface area contributed by atoms with E-state index in [4.69, 9.17) is 0 Å². The summed E-state index contributed by atoms with van der Waals surface area (Å²) < 4.78 is 0.509. The quantitative estimate of drug-likeness (QED) is 0.131. The molecule has 0 spiro atoms. The Balaban J connectivity index is 0.00000308. The normalized spacial score (nSPS) is 14.5. The van der Waals surface area contributed by atoms with Crippen LogP contribution in [-0.4, -0.2) is 8.80 Å². The Labute approximate surface area is 296 Å². The maximum Gasteiger partial charge on any atom is -1.00 e. The Bertz CT molecular complexity index is 1140. The zero-order chi connectivity index (χ0) is 28.0. The van der Waals surface area contributed by atoms with Crippen molar-refractivity contribution in [3.8, 4) is 11.1 Å². The third-order valence-corrected chi connectivity index (χ3v) is 13.7. The molecule has 0 heterocycles. The average molecular weight is 692 g/mol. The van der Waals surface area contributed by atoms with Crippen molar-refractivity contribution >= 4 is 19.2 Å². The van der Waals surface area contributed by atoms with Crippen molar-refractivity contribution in [2.75, 3.05) is 0 Å². The van der Waals surface area contributed by atoms with E-state index in [9.17, 15) is 0 Å². The monoisotopic (exact) mass is 690 g/mol. The van der Waals surface area contributed by atoms with Gasteiger partial charge in [-0.3, -0.25) is 0 Å². The predicted octanol–water partition coefficient (Wildman–Crippen LogP) is 1.16. The summed E-state index contributed by atoms with van der Waals surface area (Å²) >= 11 is 2.43. The fourth-order valence-electron chi connectivity index (χ4n) is 6.92. The molecule has 5 heteroatoms. The van der Waals surface area contributed by atoms with Crippen LogP contribution in [0.2, 0.25) is 6.04 Å². The van der Waals surface area contributed by atoms with Crippen LogP contribution in [0, 0.1) is 5.92 Å². The molecule has 0 amide bonds. The molecular formula is C38H53Cl3SiTi. The van der Waals surface area contributed by atoms with Gasteiger partial charge in [0.15, 0.2) is 0 Å². The average Bonchev–Trinajstić information content (AvgIpc) is 3.28. The molecule has 234 valence electrons. The minimum Gasteiger partial charge on any atom is -1.00 e. The van der Waals surface area contributed by atoms with Crippen molar-refractivity contribution in [2.45, 2.75) is 120 Å². The summed E-state index contributed by atoms with van der Waals surface area (Å²) in [7, 11) is -1.27. The first-order valence-corrected chi connectivity index (χ1v) is 19.6. The molecule has 3 aromatic rings. The van der Waals surface area contributed by atoms with Crippen LogP contribution in [0.15, 0.2) is 72.8 Å². The van der Waals surface area contributed by atoms with Gasteiger partial charge in [0.1, 0.15) is 0 Å². The summed E-state index contributed by atoms with van der Waals surface area (Å²) in [6.45, 7) is 4.80. The van der Waals surface area contributed by atoms with Crippen molar-refractivity contribution in [2.24, 2.45) is 5.92 Å². The van der Waals surface area contributed by atoms with Gasteiger partial charge >= 0.3 is 190 Å². The summed E-state index contributed by atoms with van der Waals surface area (Å²) in [5.74, 6) is 0.925. The number of hydrogen-bond acceptors (Lipinski definition) is 0. The molecule has 0 aromatic heterocycles. The summed E-state index contributed by atoms with van der Waals surface area (Å²) in [6, 6.07) is 29.2. The number of fused-ring (bicyclic) bond motifs is 3. The molecule has 43 heavy (non-hydrogen) atoms. The largest absolute Gasteiger partial charge is 1.00 e. The van der Waals surface area contributed by atoms with Crippen LogP contribution in [0.4, 0.5) is 0 Å². The van der Waals surface area contributed by atoms with E-state index in [1.165, 1.54) is 119 Å². The molecule has 0 fully saturated rings. The van der Waals surface area contributed by atoms with Crippen molar-refractivity contribution in [1.29, 1.82) is 0 Å². The molecule has 0 N–H and O–H groups in total. The van der Waals surface area contributed by atoms with E-state index in [-0.39, 0.29) is 37.2 Å². The van der Waals surface area contributed by atoms with Crippen LogP contribution in [0.1, 0.15) is 126 Å². The molecule has 0 nitrogen and oxygen atoms in total. The third-order valence-electron chi connectivity index (χ3n) is 9.31. The molecule has 3 aromatic carbocycles. The summed E-state index contributed by atoms with van der Waals surface area (Å²) in [5, 5.41) is 3.32. The molecule has 3 atom stereocenters. The van der Waals surface area contributed by atoms with Gasteiger partial charge in [-0.05, 0) is 5.92 Å². The zero-order valence-corrected chi connectivity index (χ0v) is 31.6. The second-order valence-corrected chi connectivity index (χ2v) is 16.4. The minimum absolute atomic E-state index is 0. The Hall–Kier alpha value is -0.539. The second-order valence-electron chi connectivity index (χ2n) is 12.5. The van der Waals surface area contributed by atoms with Crippen molar-refractivity contribution < 1.29 is 57.7 Å². The van der Waals surface area contributed by atoms with E-state index < -0.39 is 8.80 Å². The molecule has 1 aliphatic rings. The van der Waals surface area contributed by atoms with E-state index in [1.807, 2.05) is 0 Å². The fourth-order valence-corrected chi connectivity index (χ4v) is 11.5. The minimum atomic E-state index is -1.27. The van der Waals surface area contributed by atoms with Crippen LogP contribution in [0.5, 0.6) is 0 Å². The SMILES string of the molecule is CCCCCCCCCC(C)CCCCCCCC[SiH](c1ccccc1)c1cccc2c1[CH]([Ti+3])c1ccccc1-2.[Cl-].[Cl-].[Cl-]. The zero-order valence-electron chi connectivity index (χ0n) is 26.6. The number of hydrogen-bond donors (Lipinski definition) is 0. The van der Waals surface area contributed by atoms with Gasteiger partial charge < -0.3 is 37.2 Å². The van der Waals surface area contributed by atoms with Crippen molar-refractivity contribution in [3.63, 3.8) is 0 Å². The first-order chi connectivity index (χ1) is 19.7. The molecule has 3 unspecified atom stereocenters. The van der Waals surface area contributed by atoms with E-state index in [0.29, 0.717) is 4.22 Å². The van der Waals surface area contributed by atoms with E-state index >= 15 is 0 Å². The first kappa shape index (κ1) is 40.5. The maximum absolute atomic E-state index is 2.49. The maximum atomic E-state index is 2.49. The third kappa shape index (κ3) is 12.3. The summed E-state index contributed by atoms with van der Waals surface area (Å²) in [4.78, 5) is 0. The van der Waals surface area contributed by atoms with Crippen LogP contribution >= 0.6 is 0 Å². The fraction of sp³-hybridized carbons (Fsp3) is 0.526. The molecule has 4 rings (SSSR count). The Kier molecular flexibility index (Phi) is 21.5. The van der Waals surface area contributed by atoms with Crippen LogP contribution in [0.25, 0.3) is 11.1 Å². The molecule has 1 aliphatic carbocycles. The standard InChI is InChI=1S/C38H53Si.3ClH.Ti/c1-3-4-5-6-7-10-14-22-32(2)23-15-11-8-9-12-20-30-39(34-25-16-13-17-26-34)38-29-21-28-36-35-27-19-18-24-33(35)31-37(36)38;;;;/h13,16-19,21,24-29,31-32,39H,3-12,14-15,20,22-23,30H2,1-2H3;3*1H;/q;;;;+3/p-3. The van der Waals surface area contributed by atoms with Crippen LogP contribution in [-0.2, 0) is 20.4 Å². The van der Waals surface area contributed by atoms with E-state index in [2.05, 4.69) is 107 Å². The number of unbranched alkanes of at least 4 members (excludes halogenated alkanes) is 11. The molecule has 0 saturated heterocycles. The first-order valence-electron chi connectivity index (χ1n) is 16.7. The molecule has 0 saturated carbocycles. The Morgan fingerprint density at radius 1 is 0.605 bits per heavy atom. The summed E-state index contributed by atoms with van der Waals surface area (Å²) in [5.41, 5.74) is 6.11.